The third-order valence-corrected chi connectivity index (χ3v) is 6.21. The molecular formula is C20H18F3N7O. The van der Waals surface area contributed by atoms with E-state index in [0.29, 0.717) is 36.3 Å². The van der Waals surface area contributed by atoms with E-state index in [0.717, 1.165) is 24.6 Å². The molecule has 4 aromatic heterocycles. The average molecular weight is 429 g/mol. The Hall–Kier alpha value is -3.37. The maximum Gasteiger partial charge on any atom is 0.418 e. The quantitative estimate of drug-likeness (QED) is 0.535. The summed E-state index contributed by atoms with van der Waals surface area (Å²) in [6.45, 7) is 2.61. The van der Waals surface area contributed by atoms with Gasteiger partial charge in [0.25, 0.3) is 0 Å². The molecule has 31 heavy (non-hydrogen) atoms. The second-order valence-corrected chi connectivity index (χ2v) is 8.38. The zero-order chi connectivity index (χ0) is 21.4. The molecule has 0 saturated heterocycles. The summed E-state index contributed by atoms with van der Waals surface area (Å²) < 4.78 is 47.8. The first kappa shape index (κ1) is 18.4. The van der Waals surface area contributed by atoms with Crippen LogP contribution in [0.15, 0.2) is 35.1 Å². The number of nitrogens with one attached hydrogen (secondary N) is 1. The molecule has 1 atom stereocenters. The van der Waals surface area contributed by atoms with Crippen molar-refractivity contribution in [2.24, 2.45) is 0 Å². The number of aromatic nitrogens is 6. The molecule has 8 nitrogen and oxygen atoms in total. The first-order chi connectivity index (χ1) is 14.8. The van der Waals surface area contributed by atoms with Crippen LogP contribution in [0.4, 0.5) is 19.2 Å². The van der Waals surface area contributed by atoms with E-state index in [1.165, 1.54) is 22.8 Å². The Morgan fingerprint density at radius 3 is 2.87 bits per heavy atom. The van der Waals surface area contributed by atoms with Gasteiger partial charge in [-0.15, -0.1) is 5.10 Å². The molecule has 4 aromatic rings. The number of pyridine rings is 1. The number of hydrogen-bond donors (Lipinski definition) is 1. The Labute approximate surface area is 174 Å². The number of imidazole rings is 1. The normalized spacial score (nSPS) is 20.3. The van der Waals surface area contributed by atoms with Gasteiger partial charge >= 0.3 is 12.2 Å². The highest BCUT2D eigenvalue weighted by molar-refractivity contribution is 5.58. The Morgan fingerprint density at radius 2 is 2.10 bits per heavy atom. The van der Waals surface area contributed by atoms with E-state index in [-0.39, 0.29) is 10.9 Å². The fourth-order valence-electron chi connectivity index (χ4n) is 4.17. The van der Waals surface area contributed by atoms with Crippen LogP contribution in [0.1, 0.15) is 54.3 Å². The summed E-state index contributed by atoms with van der Waals surface area (Å²) in [5.41, 5.74) is 1.22. The molecule has 11 heteroatoms. The number of halogens is 3. The summed E-state index contributed by atoms with van der Waals surface area (Å²) in [5.74, 6) is 0.587. The minimum atomic E-state index is -4.48. The largest absolute Gasteiger partial charge is 0.418 e. The fraction of sp³-hybridized carbons (Fsp3) is 0.400. The molecule has 5 heterocycles. The maximum atomic E-state index is 13.5. The number of hydrogen-bond acceptors (Lipinski definition) is 6. The second-order valence-electron chi connectivity index (χ2n) is 8.38. The van der Waals surface area contributed by atoms with Gasteiger partial charge in [-0.25, -0.2) is 9.50 Å². The van der Waals surface area contributed by atoms with Crippen molar-refractivity contribution in [1.29, 1.82) is 0 Å². The highest BCUT2D eigenvalue weighted by Crippen LogP contribution is 2.48. The second kappa shape index (κ2) is 6.08. The van der Waals surface area contributed by atoms with Crippen molar-refractivity contribution in [2.75, 3.05) is 11.4 Å². The monoisotopic (exact) mass is 429 g/mol. The molecular weight excluding hydrogens is 411 g/mol. The van der Waals surface area contributed by atoms with E-state index < -0.39 is 17.8 Å². The Morgan fingerprint density at radius 1 is 1.26 bits per heavy atom. The number of rotatable bonds is 3. The lowest BCUT2D eigenvalue weighted by Crippen LogP contribution is -2.37. The number of aromatic amines is 1. The molecule has 6 rings (SSSR count). The number of anilines is 1. The van der Waals surface area contributed by atoms with Gasteiger partial charge in [0.15, 0.2) is 0 Å². The molecule has 1 saturated carbocycles. The van der Waals surface area contributed by atoms with Crippen molar-refractivity contribution in [2.45, 2.75) is 43.8 Å². The summed E-state index contributed by atoms with van der Waals surface area (Å²) >= 11 is 0. The summed E-state index contributed by atoms with van der Waals surface area (Å²) in [5, 5.41) is 12.9. The van der Waals surface area contributed by atoms with Crippen LogP contribution in [0.5, 0.6) is 0 Å². The van der Waals surface area contributed by atoms with E-state index in [4.69, 9.17) is 4.42 Å². The predicted molar refractivity (Wildman–Crippen MR) is 103 cm³/mol. The number of nitrogens with zero attached hydrogens (tertiary/aromatic N) is 6. The summed E-state index contributed by atoms with van der Waals surface area (Å²) in [6, 6.07) is 3.64. The Bertz CT molecular complexity index is 1280. The maximum absolute atomic E-state index is 13.5. The van der Waals surface area contributed by atoms with Crippen molar-refractivity contribution >= 4 is 11.5 Å². The standard InChI is InChI=1S/C20H18F3N7O/c1-19(5-6-19)17-26-27-18(31-17)29-8-4-12-15(25-10-24-12)16(29)13-9-14-11(20(21,22)23)3-2-7-30(14)28-13/h2-3,7,9-10,16H,4-6,8H2,1H3,(H,24,25). The highest BCUT2D eigenvalue weighted by Gasteiger charge is 2.45. The predicted octanol–water partition coefficient (Wildman–Crippen LogP) is 3.66. The molecule has 0 spiro atoms. The number of alkyl halides is 3. The lowest BCUT2D eigenvalue weighted by atomic mass is 10.00. The molecule has 1 aliphatic carbocycles. The number of H-pyrrole nitrogens is 1. The van der Waals surface area contributed by atoms with Crippen molar-refractivity contribution in [3.63, 3.8) is 0 Å². The zero-order valence-electron chi connectivity index (χ0n) is 16.5. The van der Waals surface area contributed by atoms with Gasteiger partial charge in [-0.3, -0.25) is 0 Å². The molecule has 1 N–H and O–H groups in total. The van der Waals surface area contributed by atoms with Crippen molar-refractivity contribution in [3.8, 4) is 0 Å². The topological polar surface area (TPSA) is 88.1 Å². The van der Waals surface area contributed by atoms with Crippen LogP contribution in [-0.4, -0.2) is 36.3 Å². The average Bonchev–Trinajstić information content (AvgIpc) is 3.19. The minimum absolute atomic E-state index is 0.00989. The van der Waals surface area contributed by atoms with Crippen LogP contribution in [0.2, 0.25) is 0 Å². The Kier molecular flexibility index (Phi) is 3.61. The van der Waals surface area contributed by atoms with Crippen LogP contribution >= 0.6 is 0 Å². The molecule has 0 radical (unpaired) electrons. The SMILES string of the molecule is CC1(c2nnc(N3CCc4[nH]cnc4C3c3cc4c(C(F)(F)F)cccn4n3)o2)CC1. The smallest absolute Gasteiger partial charge is 0.407 e. The third-order valence-electron chi connectivity index (χ3n) is 6.21. The van der Waals surface area contributed by atoms with Crippen LogP contribution < -0.4 is 4.90 Å². The van der Waals surface area contributed by atoms with Gasteiger partial charge < -0.3 is 14.3 Å². The van der Waals surface area contributed by atoms with Gasteiger partial charge in [0.1, 0.15) is 6.04 Å². The van der Waals surface area contributed by atoms with Crippen molar-refractivity contribution in [1.82, 2.24) is 29.8 Å². The van der Waals surface area contributed by atoms with Gasteiger partial charge in [-0.05, 0) is 31.0 Å². The molecule has 1 unspecified atom stereocenters. The molecule has 0 aromatic carbocycles. The molecule has 1 aliphatic heterocycles. The highest BCUT2D eigenvalue weighted by atomic mass is 19.4. The molecule has 1 fully saturated rings. The third kappa shape index (κ3) is 2.82. The molecule has 2 aliphatic rings. The first-order valence-electron chi connectivity index (χ1n) is 10.0. The van der Waals surface area contributed by atoms with E-state index in [1.807, 2.05) is 4.90 Å². The van der Waals surface area contributed by atoms with E-state index >= 15 is 0 Å². The van der Waals surface area contributed by atoms with Gasteiger partial charge in [0.05, 0.1) is 28.8 Å². The fourth-order valence-corrected chi connectivity index (χ4v) is 4.17. The van der Waals surface area contributed by atoms with Crippen molar-refractivity contribution in [3.05, 3.63) is 59.3 Å². The van der Waals surface area contributed by atoms with Gasteiger partial charge in [-0.1, -0.05) is 12.0 Å². The van der Waals surface area contributed by atoms with E-state index in [2.05, 4.69) is 32.2 Å². The zero-order valence-corrected chi connectivity index (χ0v) is 16.5. The van der Waals surface area contributed by atoms with Gasteiger partial charge in [0.2, 0.25) is 5.89 Å². The van der Waals surface area contributed by atoms with E-state index in [9.17, 15) is 13.2 Å². The van der Waals surface area contributed by atoms with Crippen LogP contribution in [0, 0.1) is 0 Å². The van der Waals surface area contributed by atoms with Crippen LogP contribution in [-0.2, 0) is 18.0 Å². The number of fused-ring (bicyclic) bond motifs is 2. The van der Waals surface area contributed by atoms with E-state index in [1.54, 1.807) is 6.33 Å². The lowest BCUT2D eigenvalue weighted by Gasteiger charge is -2.32. The minimum Gasteiger partial charge on any atom is -0.407 e. The summed E-state index contributed by atoms with van der Waals surface area (Å²) in [6.07, 6.45) is 1.27. The molecule has 0 amide bonds. The molecule has 0 bridgehead atoms. The first-order valence-corrected chi connectivity index (χ1v) is 10.0. The summed E-state index contributed by atoms with van der Waals surface area (Å²) in [4.78, 5) is 9.44. The van der Waals surface area contributed by atoms with Crippen LogP contribution in [0.3, 0.4) is 0 Å². The summed E-state index contributed by atoms with van der Waals surface area (Å²) in [7, 11) is 0. The Balaban J connectivity index is 1.48. The van der Waals surface area contributed by atoms with Crippen LogP contribution in [0.25, 0.3) is 5.52 Å². The lowest BCUT2D eigenvalue weighted by molar-refractivity contribution is -0.136. The molecule has 160 valence electrons. The van der Waals surface area contributed by atoms with Gasteiger partial charge in [-0.2, -0.15) is 18.3 Å². The van der Waals surface area contributed by atoms with Gasteiger partial charge in [0, 0.05) is 30.3 Å². The van der Waals surface area contributed by atoms with Crippen molar-refractivity contribution < 1.29 is 17.6 Å².